The molecule has 1 fully saturated rings. The molecule has 0 unspecified atom stereocenters. The topological polar surface area (TPSA) is 70.6 Å². The molecule has 0 aliphatic carbocycles. The van der Waals surface area contributed by atoms with Gasteiger partial charge in [-0.1, -0.05) is 42.5 Å². The average molecular weight is 381 g/mol. The Hall–Kier alpha value is -2.77. The van der Waals surface area contributed by atoms with Crippen LogP contribution in [0.2, 0.25) is 0 Å². The molecule has 0 bridgehead atoms. The van der Waals surface area contributed by atoms with E-state index in [4.69, 9.17) is 4.74 Å². The summed E-state index contributed by atoms with van der Waals surface area (Å²) in [7, 11) is 1.60. The zero-order chi connectivity index (χ0) is 19.6. The Morgan fingerprint density at radius 3 is 2.54 bits per heavy atom. The van der Waals surface area contributed by atoms with Crippen molar-refractivity contribution in [3.8, 4) is 0 Å². The van der Waals surface area contributed by atoms with Crippen LogP contribution in [-0.2, 0) is 4.74 Å². The number of piperazine rings is 1. The van der Waals surface area contributed by atoms with Crippen molar-refractivity contribution in [2.75, 3.05) is 57.9 Å². The highest BCUT2D eigenvalue weighted by atomic mass is 16.5. The van der Waals surface area contributed by atoms with Crippen molar-refractivity contribution in [1.82, 2.24) is 20.2 Å². The van der Waals surface area contributed by atoms with E-state index in [1.54, 1.807) is 19.5 Å². The lowest BCUT2D eigenvalue weighted by molar-refractivity contribution is 0.0936. The third kappa shape index (κ3) is 5.87. The van der Waals surface area contributed by atoms with Gasteiger partial charge < -0.3 is 15.0 Å². The van der Waals surface area contributed by atoms with Crippen LogP contribution in [0.1, 0.15) is 15.9 Å². The normalized spacial score (nSPS) is 15.1. The van der Waals surface area contributed by atoms with E-state index in [0.29, 0.717) is 24.7 Å². The number of nitrogens with zero attached hydrogens (tertiary/aromatic N) is 4. The lowest BCUT2D eigenvalue weighted by Gasteiger charge is -2.34. The minimum atomic E-state index is -0.182. The first-order valence-electron chi connectivity index (χ1n) is 9.54. The van der Waals surface area contributed by atoms with Crippen LogP contribution in [0.15, 0.2) is 48.8 Å². The molecule has 1 saturated heterocycles. The number of carbonyl (C=O) groups excluding carboxylic acids is 1. The van der Waals surface area contributed by atoms with E-state index in [-0.39, 0.29) is 5.91 Å². The smallest absolute Gasteiger partial charge is 0.254 e. The maximum atomic E-state index is 12.0. The van der Waals surface area contributed by atoms with Gasteiger partial charge in [0.2, 0.25) is 5.95 Å². The number of aromatic nitrogens is 2. The van der Waals surface area contributed by atoms with E-state index >= 15 is 0 Å². The van der Waals surface area contributed by atoms with E-state index in [2.05, 4.69) is 49.4 Å². The molecule has 1 amide bonds. The van der Waals surface area contributed by atoms with Gasteiger partial charge in [-0.25, -0.2) is 9.97 Å². The van der Waals surface area contributed by atoms with Crippen LogP contribution in [-0.4, -0.2) is 73.8 Å². The quantitative estimate of drug-likeness (QED) is 0.702. The highest BCUT2D eigenvalue weighted by Crippen LogP contribution is 2.11. The van der Waals surface area contributed by atoms with Crippen molar-refractivity contribution < 1.29 is 9.53 Å². The Morgan fingerprint density at radius 2 is 1.86 bits per heavy atom. The average Bonchev–Trinajstić information content (AvgIpc) is 2.75. The summed E-state index contributed by atoms with van der Waals surface area (Å²) in [5.41, 5.74) is 1.69. The van der Waals surface area contributed by atoms with Crippen molar-refractivity contribution in [2.24, 2.45) is 0 Å². The van der Waals surface area contributed by atoms with Crippen molar-refractivity contribution in [3.63, 3.8) is 0 Å². The fourth-order valence-electron chi connectivity index (χ4n) is 3.00. The molecular weight excluding hydrogens is 354 g/mol. The van der Waals surface area contributed by atoms with Gasteiger partial charge in [-0.2, -0.15) is 0 Å². The third-order valence-electron chi connectivity index (χ3n) is 4.62. The van der Waals surface area contributed by atoms with Crippen molar-refractivity contribution in [2.45, 2.75) is 0 Å². The van der Waals surface area contributed by atoms with E-state index in [0.717, 1.165) is 32.7 Å². The molecule has 0 atom stereocenters. The van der Waals surface area contributed by atoms with Gasteiger partial charge in [0.05, 0.1) is 12.2 Å². The molecule has 2 heterocycles. The molecule has 28 heavy (non-hydrogen) atoms. The van der Waals surface area contributed by atoms with Crippen LogP contribution in [0.25, 0.3) is 6.08 Å². The summed E-state index contributed by atoms with van der Waals surface area (Å²) in [6.45, 7) is 5.55. The minimum Gasteiger partial charge on any atom is -0.383 e. The summed E-state index contributed by atoms with van der Waals surface area (Å²) >= 11 is 0. The maximum absolute atomic E-state index is 12.0. The number of hydrogen-bond donors (Lipinski definition) is 1. The van der Waals surface area contributed by atoms with Crippen molar-refractivity contribution >= 4 is 17.9 Å². The fourth-order valence-corrected chi connectivity index (χ4v) is 3.00. The van der Waals surface area contributed by atoms with E-state index < -0.39 is 0 Å². The molecule has 1 aliphatic heterocycles. The Morgan fingerprint density at radius 1 is 1.14 bits per heavy atom. The monoisotopic (exact) mass is 381 g/mol. The van der Waals surface area contributed by atoms with Gasteiger partial charge in [-0.3, -0.25) is 9.69 Å². The molecule has 148 valence electrons. The molecule has 0 spiro atoms. The molecule has 1 aliphatic rings. The number of methoxy groups -OCH3 is 1. The van der Waals surface area contributed by atoms with Gasteiger partial charge in [0.25, 0.3) is 5.91 Å². The van der Waals surface area contributed by atoms with E-state index in [1.165, 1.54) is 5.56 Å². The number of rotatable bonds is 8. The van der Waals surface area contributed by atoms with Crippen LogP contribution in [0.3, 0.4) is 0 Å². The number of benzene rings is 1. The van der Waals surface area contributed by atoms with Crippen LogP contribution in [0.4, 0.5) is 5.95 Å². The first kappa shape index (κ1) is 20.0. The van der Waals surface area contributed by atoms with Gasteiger partial charge in [0.15, 0.2) is 0 Å². The second-order valence-corrected chi connectivity index (χ2v) is 6.62. The molecule has 3 rings (SSSR count). The van der Waals surface area contributed by atoms with Gasteiger partial charge in [0, 0.05) is 58.8 Å². The fraction of sp³-hybridized carbons (Fsp3) is 0.381. The Bertz CT molecular complexity index is 756. The molecule has 7 heteroatoms. The second kappa shape index (κ2) is 10.5. The lowest BCUT2D eigenvalue weighted by atomic mass is 10.2. The highest BCUT2D eigenvalue weighted by molar-refractivity contribution is 5.93. The molecule has 1 N–H and O–H groups in total. The molecule has 0 radical (unpaired) electrons. The van der Waals surface area contributed by atoms with E-state index in [9.17, 15) is 4.79 Å². The van der Waals surface area contributed by atoms with Gasteiger partial charge in [-0.05, 0) is 5.56 Å². The summed E-state index contributed by atoms with van der Waals surface area (Å²) in [6, 6.07) is 10.3. The molecule has 1 aromatic heterocycles. The summed E-state index contributed by atoms with van der Waals surface area (Å²) in [5.74, 6) is 0.492. The number of carbonyl (C=O) groups is 1. The van der Waals surface area contributed by atoms with Crippen LogP contribution < -0.4 is 10.2 Å². The summed E-state index contributed by atoms with van der Waals surface area (Å²) < 4.78 is 4.92. The van der Waals surface area contributed by atoms with Crippen LogP contribution >= 0.6 is 0 Å². The predicted molar refractivity (Wildman–Crippen MR) is 110 cm³/mol. The number of amides is 1. The van der Waals surface area contributed by atoms with E-state index in [1.807, 2.05) is 18.2 Å². The van der Waals surface area contributed by atoms with Crippen molar-refractivity contribution in [1.29, 1.82) is 0 Å². The van der Waals surface area contributed by atoms with Gasteiger partial charge in [-0.15, -0.1) is 0 Å². The third-order valence-corrected chi connectivity index (χ3v) is 4.62. The van der Waals surface area contributed by atoms with Gasteiger partial charge >= 0.3 is 0 Å². The lowest BCUT2D eigenvalue weighted by Crippen LogP contribution is -2.47. The zero-order valence-electron chi connectivity index (χ0n) is 16.3. The zero-order valence-corrected chi connectivity index (χ0v) is 16.3. The molecule has 7 nitrogen and oxygen atoms in total. The highest BCUT2D eigenvalue weighted by Gasteiger charge is 2.18. The summed E-state index contributed by atoms with van der Waals surface area (Å²) in [6.07, 6.45) is 7.53. The van der Waals surface area contributed by atoms with Crippen LogP contribution in [0.5, 0.6) is 0 Å². The molecular formula is C21H27N5O2. The Kier molecular flexibility index (Phi) is 7.52. The van der Waals surface area contributed by atoms with Gasteiger partial charge in [0.1, 0.15) is 0 Å². The predicted octanol–water partition coefficient (Wildman–Crippen LogP) is 1.69. The number of nitrogens with one attached hydrogen (secondary N) is 1. The SMILES string of the molecule is COCCNC(=O)c1cnc(N2CCN(C/C=C/c3ccccc3)CC2)nc1. The summed E-state index contributed by atoms with van der Waals surface area (Å²) in [4.78, 5) is 25.3. The molecule has 2 aromatic rings. The second-order valence-electron chi connectivity index (χ2n) is 6.62. The Balaban J connectivity index is 1.44. The number of anilines is 1. The molecule has 0 saturated carbocycles. The van der Waals surface area contributed by atoms with Crippen molar-refractivity contribution in [3.05, 3.63) is 59.9 Å². The maximum Gasteiger partial charge on any atom is 0.254 e. The minimum absolute atomic E-state index is 0.182. The number of hydrogen-bond acceptors (Lipinski definition) is 6. The molecule has 1 aromatic carbocycles. The Labute approximate surface area is 166 Å². The van der Waals surface area contributed by atoms with Crippen LogP contribution in [0, 0.1) is 0 Å². The first-order valence-corrected chi connectivity index (χ1v) is 9.54. The summed E-state index contributed by atoms with van der Waals surface area (Å²) in [5, 5.41) is 2.77. The standard InChI is InChI=1S/C21H27N5O2/c1-28-15-9-22-20(27)19-16-23-21(24-17-19)26-13-11-25(12-14-26)10-5-8-18-6-3-2-4-7-18/h2-8,16-17H,9-15H2,1H3,(H,22,27)/b8-5+. The first-order chi connectivity index (χ1) is 13.8. The number of ether oxygens (including phenoxy) is 1. The largest absolute Gasteiger partial charge is 0.383 e.